The maximum atomic E-state index is 13.1. The Morgan fingerprint density at radius 1 is 1.21 bits per heavy atom. The lowest BCUT2D eigenvalue weighted by Crippen LogP contribution is -2.38. The summed E-state index contributed by atoms with van der Waals surface area (Å²) in [7, 11) is 1.66. The molecule has 0 saturated heterocycles. The molecule has 1 N–H and O–H groups in total. The number of para-hydroxylation sites is 1. The molecule has 5 nitrogen and oxygen atoms in total. The molecule has 1 unspecified atom stereocenters. The van der Waals surface area contributed by atoms with E-state index in [-0.39, 0.29) is 11.9 Å². The summed E-state index contributed by atoms with van der Waals surface area (Å²) in [5.74, 6) is 1.71. The van der Waals surface area contributed by atoms with Crippen molar-refractivity contribution in [2.75, 3.05) is 20.3 Å². The number of hydrogen-bond acceptors (Lipinski definition) is 4. The lowest BCUT2D eigenvalue weighted by Gasteiger charge is -2.23. The largest absolute Gasteiger partial charge is 0.497 e. The van der Waals surface area contributed by atoms with E-state index >= 15 is 0 Å². The standard InChI is InChI=1S/C19H20N2O3/c1-23-15-7-6-13-11-21(12-14(13)10-15)19(22)18-16-4-2-3-5-17(16)24-9-8-20-18/h2-7,10,18,20H,8-9,11-12H2,1H3. The van der Waals surface area contributed by atoms with Crippen LogP contribution in [-0.4, -0.2) is 31.1 Å². The molecule has 24 heavy (non-hydrogen) atoms. The van der Waals surface area contributed by atoms with Crippen LogP contribution in [0.25, 0.3) is 0 Å². The lowest BCUT2D eigenvalue weighted by atomic mass is 10.0. The van der Waals surface area contributed by atoms with Gasteiger partial charge in [0.25, 0.3) is 0 Å². The maximum absolute atomic E-state index is 13.1. The minimum absolute atomic E-state index is 0.0862. The second kappa shape index (κ2) is 6.17. The summed E-state index contributed by atoms with van der Waals surface area (Å²) in [4.78, 5) is 15.0. The molecule has 2 aromatic carbocycles. The van der Waals surface area contributed by atoms with Crippen LogP contribution in [0.5, 0.6) is 11.5 Å². The lowest BCUT2D eigenvalue weighted by molar-refractivity contribution is -0.134. The molecule has 2 heterocycles. The zero-order chi connectivity index (χ0) is 16.5. The number of rotatable bonds is 2. The van der Waals surface area contributed by atoms with Gasteiger partial charge in [0.15, 0.2) is 0 Å². The van der Waals surface area contributed by atoms with Crippen LogP contribution in [-0.2, 0) is 17.9 Å². The van der Waals surface area contributed by atoms with Gasteiger partial charge in [0.1, 0.15) is 24.1 Å². The minimum Gasteiger partial charge on any atom is -0.497 e. The van der Waals surface area contributed by atoms with E-state index in [0.717, 1.165) is 22.6 Å². The molecule has 0 radical (unpaired) electrons. The van der Waals surface area contributed by atoms with Crippen molar-refractivity contribution in [3.05, 3.63) is 59.2 Å². The van der Waals surface area contributed by atoms with Crippen LogP contribution in [0.4, 0.5) is 0 Å². The van der Waals surface area contributed by atoms with Gasteiger partial charge < -0.3 is 14.4 Å². The maximum Gasteiger partial charge on any atom is 0.245 e. The van der Waals surface area contributed by atoms with Crippen LogP contribution in [0.15, 0.2) is 42.5 Å². The topological polar surface area (TPSA) is 50.8 Å². The Balaban J connectivity index is 1.59. The molecule has 0 spiro atoms. The molecule has 0 aromatic heterocycles. The highest BCUT2D eigenvalue weighted by molar-refractivity contribution is 5.84. The van der Waals surface area contributed by atoms with Crippen LogP contribution in [0, 0.1) is 0 Å². The summed E-state index contributed by atoms with van der Waals surface area (Å²) >= 11 is 0. The van der Waals surface area contributed by atoms with Gasteiger partial charge in [-0.3, -0.25) is 10.1 Å². The van der Waals surface area contributed by atoms with Gasteiger partial charge in [-0.05, 0) is 29.3 Å². The molecular weight excluding hydrogens is 304 g/mol. The Labute approximate surface area is 141 Å². The number of methoxy groups -OCH3 is 1. The number of benzene rings is 2. The molecular formula is C19H20N2O3. The number of ether oxygens (including phenoxy) is 2. The Bertz CT molecular complexity index is 775. The van der Waals surface area contributed by atoms with Gasteiger partial charge in [-0.2, -0.15) is 0 Å². The number of carbonyl (C=O) groups excluding carboxylic acids is 1. The highest BCUT2D eigenvalue weighted by atomic mass is 16.5. The highest BCUT2D eigenvalue weighted by Crippen LogP contribution is 2.32. The molecule has 2 aromatic rings. The van der Waals surface area contributed by atoms with E-state index in [1.165, 1.54) is 5.56 Å². The van der Waals surface area contributed by atoms with Crippen LogP contribution in [0.1, 0.15) is 22.7 Å². The van der Waals surface area contributed by atoms with Gasteiger partial charge in [-0.25, -0.2) is 0 Å². The fraction of sp³-hybridized carbons (Fsp3) is 0.316. The second-order valence-corrected chi connectivity index (χ2v) is 6.10. The molecule has 4 rings (SSSR count). The summed E-state index contributed by atoms with van der Waals surface area (Å²) < 4.78 is 11.0. The molecule has 0 bridgehead atoms. The number of fused-ring (bicyclic) bond motifs is 2. The molecule has 1 atom stereocenters. The molecule has 124 valence electrons. The molecule has 5 heteroatoms. The molecule has 2 aliphatic heterocycles. The monoisotopic (exact) mass is 324 g/mol. The highest BCUT2D eigenvalue weighted by Gasteiger charge is 2.32. The van der Waals surface area contributed by atoms with Gasteiger partial charge in [0, 0.05) is 25.2 Å². The number of carbonyl (C=O) groups is 1. The van der Waals surface area contributed by atoms with E-state index < -0.39 is 0 Å². The summed E-state index contributed by atoms with van der Waals surface area (Å²) in [5, 5.41) is 3.32. The fourth-order valence-corrected chi connectivity index (χ4v) is 3.38. The van der Waals surface area contributed by atoms with Crippen LogP contribution < -0.4 is 14.8 Å². The summed E-state index contributed by atoms with van der Waals surface area (Å²) in [6.07, 6.45) is 0. The van der Waals surface area contributed by atoms with Crippen molar-refractivity contribution < 1.29 is 14.3 Å². The first-order valence-corrected chi connectivity index (χ1v) is 8.16. The summed E-state index contributed by atoms with van der Waals surface area (Å²) in [5.41, 5.74) is 3.25. The molecule has 1 amide bonds. The quantitative estimate of drug-likeness (QED) is 0.921. The van der Waals surface area contributed by atoms with E-state index in [2.05, 4.69) is 5.32 Å². The van der Waals surface area contributed by atoms with Crippen LogP contribution in [0.2, 0.25) is 0 Å². The van der Waals surface area contributed by atoms with Gasteiger partial charge >= 0.3 is 0 Å². The number of nitrogens with one attached hydrogen (secondary N) is 1. The van der Waals surface area contributed by atoms with Crippen molar-refractivity contribution in [3.63, 3.8) is 0 Å². The number of hydrogen-bond donors (Lipinski definition) is 1. The molecule has 0 saturated carbocycles. The molecule has 0 aliphatic carbocycles. The second-order valence-electron chi connectivity index (χ2n) is 6.10. The van der Waals surface area contributed by atoms with E-state index in [0.29, 0.717) is 26.2 Å². The van der Waals surface area contributed by atoms with Crippen molar-refractivity contribution in [1.82, 2.24) is 10.2 Å². The Morgan fingerprint density at radius 3 is 2.92 bits per heavy atom. The first-order chi connectivity index (χ1) is 11.8. The van der Waals surface area contributed by atoms with E-state index in [1.807, 2.05) is 47.4 Å². The van der Waals surface area contributed by atoms with E-state index in [1.54, 1.807) is 7.11 Å². The number of nitrogens with zero attached hydrogens (tertiary/aromatic N) is 1. The third kappa shape index (κ3) is 2.61. The van der Waals surface area contributed by atoms with Gasteiger partial charge in [0.05, 0.1) is 7.11 Å². The zero-order valence-electron chi connectivity index (χ0n) is 13.6. The first kappa shape index (κ1) is 15.0. The zero-order valence-corrected chi connectivity index (χ0v) is 13.6. The van der Waals surface area contributed by atoms with Crippen molar-refractivity contribution in [1.29, 1.82) is 0 Å². The smallest absolute Gasteiger partial charge is 0.245 e. The number of amides is 1. The normalized spacial score (nSPS) is 19.0. The SMILES string of the molecule is COc1ccc2c(c1)CN(C(=O)C1NCCOc3ccccc31)C2. The summed E-state index contributed by atoms with van der Waals surface area (Å²) in [6.45, 7) is 2.48. The van der Waals surface area contributed by atoms with E-state index in [4.69, 9.17) is 9.47 Å². The average Bonchev–Trinajstić information content (AvgIpc) is 2.93. The fourth-order valence-electron chi connectivity index (χ4n) is 3.38. The predicted molar refractivity (Wildman–Crippen MR) is 89.9 cm³/mol. The van der Waals surface area contributed by atoms with Crippen molar-refractivity contribution in [2.24, 2.45) is 0 Å². The van der Waals surface area contributed by atoms with Gasteiger partial charge in [-0.15, -0.1) is 0 Å². The van der Waals surface area contributed by atoms with E-state index in [9.17, 15) is 4.79 Å². The average molecular weight is 324 g/mol. The summed E-state index contributed by atoms with van der Waals surface area (Å²) in [6, 6.07) is 13.4. The third-order valence-electron chi connectivity index (χ3n) is 4.63. The van der Waals surface area contributed by atoms with Crippen LogP contribution >= 0.6 is 0 Å². The molecule has 2 aliphatic rings. The van der Waals surface area contributed by atoms with Gasteiger partial charge in [0.2, 0.25) is 5.91 Å². The predicted octanol–water partition coefficient (Wildman–Crippen LogP) is 2.26. The van der Waals surface area contributed by atoms with Crippen molar-refractivity contribution in [3.8, 4) is 11.5 Å². The third-order valence-corrected chi connectivity index (χ3v) is 4.63. The Hall–Kier alpha value is -2.53. The van der Waals surface area contributed by atoms with Gasteiger partial charge in [-0.1, -0.05) is 24.3 Å². The van der Waals surface area contributed by atoms with Crippen molar-refractivity contribution in [2.45, 2.75) is 19.1 Å². The molecule has 0 fully saturated rings. The first-order valence-electron chi connectivity index (χ1n) is 8.16. The Morgan fingerprint density at radius 2 is 2.04 bits per heavy atom. The van der Waals surface area contributed by atoms with Crippen molar-refractivity contribution >= 4 is 5.91 Å². The Kier molecular flexibility index (Phi) is 3.86. The van der Waals surface area contributed by atoms with Crippen LogP contribution in [0.3, 0.4) is 0 Å². The minimum atomic E-state index is -0.361.